The summed E-state index contributed by atoms with van der Waals surface area (Å²) in [5.41, 5.74) is 4.82. The number of nitriles is 1. The molecule has 31 heavy (non-hydrogen) atoms. The van der Waals surface area contributed by atoms with Crippen molar-refractivity contribution in [2.24, 2.45) is 11.8 Å². The highest BCUT2D eigenvalue weighted by Gasteiger charge is 2.61. The second kappa shape index (κ2) is 8.49. The summed E-state index contributed by atoms with van der Waals surface area (Å²) in [6, 6.07) is 5.18. The minimum absolute atomic E-state index is 0.214. The Morgan fingerprint density at radius 1 is 1.29 bits per heavy atom. The lowest BCUT2D eigenvalue weighted by atomic mass is 9.95. The van der Waals surface area contributed by atoms with Crippen LogP contribution in [-0.2, 0) is 23.8 Å². The number of hydrogen-bond acceptors (Lipinski definition) is 10. The molecule has 2 aromatic heterocycles. The molecule has 1 aliphatic rings. The van der Waals surface area contributed by atoms with Crippen LogP contribution in [-0.4, -0.2) is 56.1 Å². The summed E-state index contributed by atoms with van der Waals surface area (Å²) in [4.78, 5) is 28.8. The van der Waals surface area contributed by atoms with E-state index >= 15 is 0 Å². The van der Waals surface area contributed by atoms with Crippen LogP contribution in [0.5, 0.6) is 0 Å². The first-order valence-electron chi connectivity index (χ1n) is 9.84. The molecule has 0 amide bonds. The van der Waals surface area contributed by atoms with Crippen molar-refractivity contribution >= 4 is 23.3 Å². The Morgan fingerprint density at radius 3 is 2.52 bits per heavy atom. The van der Waals surface area contributed by atoms with Crippen molar-refractivity contribution in [2.75, 3.05) is 12.3 Å². The van der Waals surface area contributed by atoms with Crippen LogP contribution in [0.2, 0.25) is 0 Å². The number of aliphatic hydroxyl groups is 1. The smallest absolute Gasteiger partial charge is 0.308 e. The van der Waals surface area contributed by atoms with Crippen LogP contribution in [0.25, 0.3) is 5.52 Å². The molecule has 3 rings (SSSR count). The van der Waals surface area contributed by atoms with Crippen molar-refractivity contribution in [1.29, 1.82) is 5.26 Å². The number of nitrogen functional groups attached to an aromatic ring is 1. The first-order chi connectivity index (χ1) is 14.6. The van der Waals surface area contributed by atoms with Crippen molar-refractivity contribution < 1.29 is 28.9 Å². The molecule has 166 valence electrons. The van der Waals surface area contributed by atoms with Gasteiger partial charge in [0.25, 0.3) is 0 Å². The summed E-state index contributed by atoms with van der Waals surface area (Å²) in [6.45, 7) is 5.75. The third-order valence-corrected chi connectivity index (χ3v) is 5.06. The number of carbonyl (C=O) groups excluding carboxylic acids is 2. The largest absolute Gasteiger partial charge is 0.455 e. The van der Waals surface area contributed by atoms with E-state index in [2.05, 4.69) is 10.1 Å². The Bertz CT molecular complexity index is 1030. The molecular formula is C20H25N5O6. The number of aromatic nitrogens is 3. The van der Waals surface area contributed by atoms with E-state index in [9.17, 15) is 20.0 Å². The van der Waals surface area contributed by atoms with Crippen LogP contribution < -0.4 is 5.73 Å². The molecule has 11 heteroatoms. The van der Waals surface area contributed by atoms with E-state index in [1.165, 1.54) is 10.8 Å². The fourth-order valence-corrected chi connectivity index (χ4v) is 3.27. The number of ether oxygens (including phenoxy) is 3. The number of esters is 2. The minimum atomic E-state index is -1.94. The summed E-state index contributed by atoms with van der Waals surface area (Å²) in [6.07, 6.45) is -2.40. The molecule has 11 nitrogen and oxygen atoms in total. The van der Waals surface area contributed by atoms with Gasteiger partial charge in [0.15, 0.2) is 18.0 Å². The fraction of sp³-hybridized carbons (Fsp3) is 0.550. The van der Waals surface area contributed by atoms with Gasteiger partial charge in [-0.3, -0.25) is 9.59 Å². The zero-order valence-corrected chi connectivity index (χ0v) is 17.7. The molecule has 1 saturated heterocycles. The average molecular weight is 431 g/mol. The molecule has 1 fully saturated rings. The van der Waals surface area contributed by atoms with Gasteiger partial charge in [0.2, 0.25) is 5.60 Å². The lowest BCUT2D eigenvalue weighted by Gasteiger charge is -2.28. The Labute approximate surface area is 178 Å². The normalized spacial score (nSPS) is 25.7. The van der Waals surface area contributed by atoms with Gasteiger partial charge in [-0.05, 0) is 12.1 Å². The third-order valence-electron chi connectivity index (χ3n) is 5.06. The van der Waals surface area contributed by atoms with Gasteiger partial charge in [-0.1, -0.05) is 27.7 Å². The maximum Gasteiger partial charge on any atom is 0.308 e. The van der Waals surface area contributed by atoms with Gasteiger partial charge >= 0.3 is 11.9 Å². The number of carbonyl (C=O) groups is 2. The van der Waals surface area contributed by atoms with E-state index in [0.29, 0.717) is 11.2 Å². The average Bonchev–Trinajstić information content (AvgIpc) is 3.29. The van der Waals surface area contributed by atoms with E-state index < -0.39 is 54.3 Å². The number of anilines is 1. The summed E-state index contributed by atoms with van der Waals surface area (Å²) < 4.78 is 18.6. The number of nitrogens with two attached hydrogens (primary N) is 1. The predicted molar refractivity (Wildman–Crippen MR) is 106 cm³/mol. The van der Waals surface area contributed by atoms with Gasteiger partial charge in [-0.15, -0.1) is 0 Å². The highest BCUT2D eigenvalue weighted by atomic mass is 16.6. The van der Waals surface area contributed by atoms with Gasteiger partial charge in [-0.25, -0.2) is 9.50 Å². The van der Waals surface area contributed by atoms with Crippen LogP contribution in [0.3, 0.4) is 0 Å². The standard InChI is InChI=1S/C20H25N5O6/c1-10(2)18(27)29-15-14(12-5-6-13-17(22)23-9-24-25(12)13)31-20(7-21,8-26)16(15)30-19(28)11(3)4/h5-6,9-11,14-16,26H,8H2,1-4H3,(H2,22,23,24)/t14-,15-,16-,20+/m0/s1. The van der Waals surface area contributed by atoms with E-state index in [4.69, 9.17) is 19.9 Å². The lowest BCUT2D eigenvalue weighted by molar-refractivity contribution is -0.173. The molecule has 0 bridgehead atoms. The zero-order valence-electron chi connectivity index (χ0n) is 17.7. The van der Waals surface area contributed by atoms with Crippen molar-refractivity contribution in [3.05, 3.63) is 24.2 Å². The maximum absolute atomic E-state index is 12.5. The Morgan fingerprint density at radius 2 is 1.94 bits per heavy atom. The Balaban J connectivity index is 2.13. The van der Waals surface area contributed by atoms with Crippen LogP contribution in [0.4, 0.5) is 5.82 Å². The molecule has 0 aliphatic carbocycles. The molecule has 0 unspecified atom stereocenters. The Hall–Kier alpha value is -3.23. The van der Waals surface area contributed by atoms with E-state index in [0.717, 1.165) is 0 Å². The van der Waals surface area contributed by atoms with Crippen molar-refractivity contribution in [2.45, 2.75) is 51.6 Å². The number of aliphatic hydroxyl groups excluding tert-OH is 1. The van der Waals surface area contributed by atoms with Crippen molar-refractivity contribution in [3.63, 3.8) is 0 Å². The van der Waals surface area contributed by atoms with Gasteiger partial charge < -0.3 is 25.1 Å². The number of fused-ring (bicyclic) bond motifs is 1. The molecule has 3 heterocycles. The predicted octanol–water partition coefficient (Wildman–Crippen LogP) is 0.773. The quantitative estimate of drug-likeness (QED) is 0.625. The first kappa shape index (κ1) is 22.5. The molecule has 1 aliphatic heterocycles. The van der Waals surface area contributed by atoms with Crippen LogP contribution in [0.1, 0.15) is 39.5 Å². The number of rotatable bonds is 6. The van der Waals surface area contributed by atoms with Crippen molar-refractivity contribution in [3.8, 4) is 6.07 Å². The van der Waals surface area contributed by atoms with E-state index in [-0.39, 0.29) is 5.82 Å². The minimum Gasteiger partial charge on any atom is -0.455 e. The summed E-state index contributed by atoms with van der Waals surface area (Å²) in [5.74, 6) is -2.00. The summed E-state index contributed by atoms with van der Waals surface area (Å²) in [5, 5.41) is 24.1. The number of nitrogens with zero attached hydrogens (tertiary/aromatic N) is 4. The molecule has 0 spiro atoms. The second-order valence-electron chi connectivity index (χ2n) is 7.97. The summed E-state index contributed by atoms with van der Waals surface area (Å²) >= 11 is 0. The molecule has 4 atom stereocenters. The third kappa shape index (κ3) is 3.92. The SMILES string of the molecule is CC(C)C(=O)O[C@H]1[C@H](c2ccc3c(N)ncnn23)O[C@](C#N)(CO)[C@H]1OC(=O)C(C)C. The molecule has 0 saturated carbocycles. The molecule has 3 N–H and O–H groups in total. The fourth-order valence-electron chi connectivity index (χ4n) is 3.27. The van der Waals surface area contributed by atoms with E-state index in [1.807, 2.05) is 6.07 Å². The van der Waals surface area contributed by atoms with Crippen molar-refractivity contribution in [1.82, 2.24) is 14.6 Å². The monoisotopic (exact) mass is 431 g/mol. The van der Waals surface area contributed by atoms with Gasteiger partial charge in [0, 0.05) is 0 Å². The molecule has 0 aromatic carbocycles. The van der Waals surface area contributed by atoms with Gasteiger partial charge in [0.1, 0.15) is 24.0 Å². The molecular weight excluding hydrogens is 406 g/mol. The van der Waals surface area contributed by atoms with Gasteiger partial charge in [-0.2, -0.15) is 10.4 Å². The second-order valence-corrected chi connectivity index (χ2v) is 7.97. The van der Waals surface area contributed by atoms with Crippen LogP contribution in [0, 0.1) is 23.2 Å². The van der Waals surface area contributed by atoms with Crippen LogP contribution in [0.15, 0.2) is 18.5 Å². The topological polar surface area (TPSA) is 162 Å². The molecule has 0 radical (unpaired) electrons. The highest BCUT2D eigenvalue weighted by Crippen LogP contribution is 2.44. The Kier molecular flexibility index (Phi) is 6.15. The lowest BCUT2D eigenvalue weighted by Crippen LogP contribution is -2.49. The highest BCUT2D eigenvalue weighted by molar-refractivity contribution is 5.73. The molecule has 2 aromatic rings. The number of hydrogen-bond donors (Lipinski definition) is 2. The van der Waals surface area contributed by atoms with Crippen LogP contribution >= 0.6 is 0 Å². The maximum atomic E-state index is 12.5. The summed E-state index contributed by atoms with van der Waals surface area (Å²) in [7, 11) is 0. The van der Waals surface area contributed by atoms with E-state index in [1.54, 1.807) is 39.8 Å². The van der Waals surface area contributed by atoms with Gasteiger partial charge in [0.05, 0.1) is 24.1 Å². The zero-order chi connectivity index (χ0) is 22.9. The first-order valence-corrected chi connectivity index (χ1v) is 9.84.